The first-order valence-corrected chi connectivity index (χ1v) is 11.2. The zero-order chi connectivity index (χ0) is 24.6. The summed E-state index contributed by atoms with van der Waals surface area (Å²) in [6, 6.07) is 7.59. The lowest BCUT2D eigenvalue weighted by atomic mass is 9.85. The zero-order valence-corrected chi connectivity index (χ0v) is 19.2. The first-order valence-electron chi connectivity index (χ1n) is 10.5. The number of carbonyl (C=O) groups excluding carboxylic acids is 4. The Labute approximate surface area is 203 Å². The van der Waals surface area contributed by atoms with Crippen molar-refractivity contribution in [3.63, 3.8) is 0 Å². The molecule has 1 aliphatic carbocycles. The number of halogens is 2. The minimum absolute atomic E-state index is 0.0801. The van der Waals surface area contributed by atoms with E-state index in [4.69, 9.17) is 27.9 Å². The molecule has 0 N–H and O–H groups in total. The fraction of sp³-hybridized carbons (Fsp3) is 0.304. The van der Waals surface area contributed by atoms with Gasteiger partial charge < -0.3 is 4.74 Å². The second-order valence-electron chi connectivity index (χ2n) is 8.14. The fourth-order valence-electron chi connectivity index (χ4n) is 4.28. The smallest absolute Gasteiger partial charge is 0.309 e. The van der Waals surface area contributed by atoms with E-state index in [-0.39, 0.29) is 38.5 Å². The van der Waals surface area contributed by atoms with Gasteiger partial charge in [0.2, 0.25) is 5.78 Å². The molecule has 0 atom stereocenters. The highest BCUT2D eigenvalue weighted by molar-refractivity contribution is 6.43. The lowest BCUT2D eigenvalue weighted by Gasteiger charge is -2.32. The van der Waals surface area contributed by atoms with Crippen LogP contribution in [0.2, 0.25) is 10.0 Å². The van der Waals surface area contributed by atoms with Gasteiger partial charge >= 0.3 is 5.97 Å². The molecule has 2 aromatic carbocycles. The molecular weight excluding hydrogens is 487 g/mol. The van der Waals surface area contributed by atoms with E-state index >= 15 is 0 Å². The van der Waals surface area contributed by atoms with Crippen molar-refractivity contribution in [2.24, 2.45) is 5.92 Å². The van der Waals surface area contributed by atoms with Crippen LogP contribution in [0.5, 0.6) is 0 Å². The van der Waals surface area contributed by atoms with Gasteiger partial charge in [-0.15, -0.1) is 0 Å². The van der Waals surface area contributed by atoms with Crippen molar-refractivity contribution < 1.29 is 28.8 Å². The number of benzene rings is 2. The quantitative estimate of drug-likeness (QED) is 0.186. The standard InChI is InChI=1S/C23H18Cl2N2O7/c24-18-9-16-17(10-19(18)25)22(30)26(21(16)29)14-6-4-12(5-7-14)23(31)34-11-20(28)13-2-1-3-15(8-13)27(32)33/h1-3,8-10,12,14H,4-7,11H2. The molecule has 1 saturated carbocycles. The van der Waals surface area contributed by atoms with Crippen LogP contribution in [-0.4, -0.2) is 46.0 Å². The SMILES string of the molecule is O=C(COC(=O)C1CCC(N2C(=O)c3cc(Cl)c(Cl)cc3C2=O)CC1)c1cccc([N+](=O)[O-])c1. The molecule has 1 fully saturated rings. The van der Waals surface area contributed by atoms with Gasteiger partial charge in [0.25, 0.3) is 17.5 Å². The summed E-state index contributed by atoms with van der Waals surface area (Å²) < 4.78 is 5.14. The highest BCUT2D eigenvalue weighted by atomic mass is 35.5. The Balaban J connectivity index is 1.32. The van der Waals surface area contributed by atoms with Gasteiger partial charge in [-0.25, -0.2) is 0 Å². The number of nitro benzene ring substituents is 1. The second kappa shape index (κ2) is 9.52. The molecule has 4 rings (SSSR count). The minimum atomic E-state index is -0.612. The number of ketones is 1. The van der Waals surface area contributed by atoms with Crippen molar-refractivity contribution in [3.8, 4) is 0 Å². The largest absolute Gasteiger partial charge is 0.457 e. The molecule has 2 amide bonds. The molecule has 2 aliphatic rings. The number of imide groups is 1. The summed E-state index contributed by atoms with van der Waals surface area (Å²) in [5, 5.41) is 11.2. The Morgan fingerprint density at radius 1 is 1.00 bits per heavy atom. The molecule has 0 spiro atoms. The average Bonchev–Trinajstić information content (AvgIpc) is 3.06. The molecule has 0 aromatic heterocycles. The van der Waals surface area contributed by atoms with Crippen LogP contribution >= 0.6 is 23.2 Å². The van der Waals surface area contributed by atoms with Gasteiger partial charge in [0, 0.05) is 23.7 Å². The Hall–Kier alpha value is -3.30. The number of nitro groups is 1. The number of rotatable bonds is 6. The Morgan fingerprint density at radius 3 is 2.15 bits per heavy atom. The number of ether oxygens (including phenoxy) is 1. The molecule has 1 heterocycles. The van der Waals surface area contributed by atoms with Gasteiger partial charge in [-0.2, -0.15) is 0 Å². The summed E-state index contributed by atoms with van der Waals surface area (Å²) >= 11 is 12.0. The van der Waals surface area contributed by atoms with Gasteiger partial charge in [0.1, 0.15) is 0 Å². The summed E-state index contributed by atoms with van der Waals surface area (Å²) in [6.45, 7) is -0.528. The fourth-order valence-corrected chi connectivity index (χ4v) is 4.61. The van der Waals surface area contributed by atoms with E-state index in [1.165, 1.54) is 35.2 Å². The van der Waals surface area contributed by atoms with Crippen LogP contribution in [0.25, 0.3) is 0 Å². The predicted molar refractivity (Wildman–Crippen MR) is 121 cm³/mol. The molecule has 0 saturated heterocycles. The molecule has 176 valence electrons. The number of hydrogen-bond donors (Lipinski definition) is 0. The lowest BCUT2D eigenvalue weighted by molar-refractivity contribution is -0.384. The topological polar surface area (TPSA) is 124 Å². The van der Waals surface area contributed by atoms with Crippen molar-refractivity contribution >= 4 is 52.5 Å². The summed E-state index contributed by atoms with van der Waals surface area (Å²) in [4.78, 5) is 61.8. The highest BCUT2D eigenvalue weighted by Crippen LogP contribution is 2.36. The monoisotopic (exact) mass is 504 g/mol. The van der Waals surface area contributed by atoms with Crippen LogP contribution in [0, 0.1) is 16.0 Å². The maximum atomic E-state index is 12.8. The van der Waals surface area contributed by atoms with Crippen molar-refractivity contribution in [2.75, 3.05) is 6.61 Å². The van der Waals surface area contributed by atoms with Crippen LogP contribution in [0.15, 0.2) is 36.4 Å². The number of fused-ring (bicyclic) bond motifs is 1. The summed E-state index contributed by atoms with van der Waals surface area (Å²) in [5.74, 6) is -2.46. The van der Waals surface area contributed by atoms with E-state index in [1.807, 2.05) is 0 Å². The lowest BCUT2D eigenvalue weighted by Crippen LogP contribution is -2.42. The van der Waals surface area contributed by atoms with Crippen molar-refractivity contribution in [3.05, 3.63) is 73.2 Å². The van der Waals surface area contributed by atoms with Crippen LogP contribution in [0.4, 0.5) is 5.69 Å². The van der Waals surface area contributed by atoms with E-state index < -0.39 is 41.0 Å². The average molecular weight is 505 g/mol. The zero-order valence-electron chi connectivity index (χ0n) is 17.7. The maximum absolute atomic E-state index is 12.8. The Kier molecular flexibility index (Phi) is 6.67. The number of carbonyl (C=O) groups is 4. The van der Waals surface area contributed by atoms with Gasteiger partial charge in [-0.3, -0.25) is 34.2 Å². The van der Waals surface area contributed by atoms with E-state index in [0.717, 1.165) is 6.07 Å². The number of amides is 2. The normalized spacial score (nSPS) is 19.6. The van der Waals surface area contributed by atoms with Crippen molar-refractivity contribution in [1.82, 2.24) is 4.90 Å². The van der Waals surface area contributed by atoms with Gasteiger partial charge in [-0.05, 0) is 37.8 Å². The summed E-state index contributed by atoms with van der Waals surface area (Å²) in [5.41, 5.74) is 0.269. The van der Waals surface area contributed by atoms with Crippen LogP contribution in [0.3, 0.4) is 0 Å². The van der Waals surface area contributed by atoms with Crippen molar-refractivity contribution in [2.45, 2.75) is 31.7 Å². The molecule has 11 heteroatoms. The number of hydrogen-bond acceptors (Lipinski definition) is 7. The van der Waals surface area contributed by atoms with Crippen LogP contribution in [0.1, 0.15) is 56.8 Å². The van der Waals surface area contributed by atoms with Crippen LogP contribution in [-0.2, 0) is 9.53 Å². The molecule has 0 unspecified atom stereocenters. The van der Waals surface area contributed by atoms with E-state index in [1.54, 1.807) is 0 Å². The van der Waals surface area contributed by atoms with E-state index in [2.05, 4.69) is 0 Å². The van der Waals surface area contributed by atoms with E-state index in [0.29, 0.717) is 25.7 Å². The van der Waals surface area contributed by atoms with Gasteiger partial charge in [0.15, 0.2) is 6.61 Å². The molecule has 1 aliphatic heterocycles. The molecule has 34 heavy (non-hydrogen) atoms. The number of non-ortho nitro benzene ring substituents is 1. The number of Topliss-reactive ketones (excluding diaryl/α,β-unsaturated/α-hetero) is 1. The Morgan fingerprint density at radius 2 is 1.59 bits per heavy atom. The van der Waals surface area contributed by atoms with Crippen LogP contribution < -0.4 is 0 Å². The second-order valence-corrected chi connectivity index (χ2v) is 8.95. The summed E-state index contributed by atoms with van der Waals surface area (Å²) in [7, 11) is 0. The summed E-state index contributed by atoms with van der Waals surface area (Å²) in [6.07, 6.45) is 1.57. The predicted octanol–water partition coefficient (Wildman–Crippen LogP) is 4.48. The molecular formula is C23H18Cl2N2O7. The minimum Gasteiger partial charge on any atom is -0.457 e. The van der Waals surface area contributed by atoms with E-state index in [9.17, 15) is 29.3 Å². The first kappa shape index (κ1) is 23.8. The Bertz CT molecular complexity index is 1180. The maximum Gasteiger partial charge on any atom is 0.309 e. The third-order valence-electron chi connectivity index (χ3n) is 6.08. The van der Waals surface area contributed by atoms with Crippen molar-refractivity contribution in [1.29, 1.82) is 0 Å². The third-order valence-corrected chi connectivity index (χ3v) is 6.80. The molecule has 0 bridgehead atoms. The molecule has 2 aromatic rings. The third kappa shape index (κ3) is 4.53. The highest BCUT2D eigenvalue weighted by Gasteiger charge is 2.42. The first-order chi connectivity index (χ1) is 16.2. The van der Waals surface area contributed by atoms with Gasteiger partial charge in [0.05, 0.1) is 32.0 Å². The molecule has 9 nitrogen and oxygen atoms in total. The number of esters is 1. The van der Waals surface area contributed by atoms with Gasteiger partial charge in [-0.1, -0.05) is 35.3 Å². The number of nitrogens with zero attached hydrogens (tertiary/aromatic N) is 2. The molecule has 0 radical (unpaired) electrons.